The Balaban J connectivity index is 1.58. The lowest BCUT2D eigenvalue weighted by Gasteiger charge is -2.20. The Labute approximate surface area is 87.7 Å². The fraction of sp³-hybridized carbons (Fsp3) is 1.00. The Morgan fingerprint density at radius 3 is 2.14 bits per heavy atom. The van der Waals surface area contributed by atoms with Crippen LogP contribution in [0.15, 0.2) is 0 Å². The van der Waals surface area contributed by atoms with Crippen LogP contribution in [0.5, 0.6) is 0 Å². The van der Waals surface area contributed by atoms with Gasteiger partial charge in [0, 0.05) is 5.54 Å². The summed E-state index contributed by atoms with van der Waals surface area (Å²) in [5, 5.41) is 3.77. The first-order valence-corrected chi connectivity index (χ1v) is 6.63. The Hall–Kier alpha value is -0.0400. The fourth-order valence-electron chi connectivity index (χ4n) is 3.64. The standard InChI is InChI=1S/C13H23N/c1-2-4-6-11(5-3-1)12-9-13(7-8-13)14-10-12/h11-12,14H,1-10H2. The third kappa shape index (κ3) is 1.71. The van der Waals surface area contributed by atoms with Crippen LogP contribution >= 0.6 is 0 Å². The van der Waals surface area contributed by atoms with Crippen molar-refractivity contribution in [2.75, 3.05) is 6.54 Å². The number of hydrogen-bond acceptors (Lipinski definition) is 1. The topological polar surface area (TPSA) is 12.0 Å². The molecule has 3 fully saturated rings. The molecule has 3 rings (SSSR count). The highest BCUT2D eigenvalue weighted by atomic mass is 15.1. The molecule has 1 nitrogen and oxygen atoms in total. The van der Waals surface area contributed by atoms with E-state index in [2.05, 4.69) is 5.32 Å². The molecule has 2 aliphatic carbocycles. The van der Waals surface area contributed by atoms with Gasteiger partial charge >= 0.3 is 0 Å². The van der Waals surface area contributed by atoms with E-state index in [9.17, 15) is 0 Å². The molecule has 0 radical (unpaired) electrons. The highest BCUT2D eigenvalue weighted by molar-refractivity contribution is 5.08. The molecule has 1 heteroatoms. The molecule has 3 aliphatic rings. The average Bonchev–Trinajstić information content (AvgIpc) is 2.87. The Morgan fingerprint density at radius 1 is 0.857 bits per heavy atom. The lowest BCUT2D eigenvalue weighted by Crippen LogP contribution is -2.22. The molecule has 0 aromatic rings. The van der Waals surface area contributed by atoms with Gasteiger partial charge in [-0.3, -0.25) is 0 Å². The van der Waals surface area contributed by atoms with Crippen molar-refractivity contribution in [2.24, 2.45) is 11.8 Å². The van der Waals surface area contributed by atoms with E-state index >= 15 is 0 Å². The number of nitrogens with one attached hydrogen (secondary N) is 1. The van der Waals surface area contributed by atoms with Crippen LogP contribution < -0.4 is 5.32 Å². The predicted octanol–water partition coefficient (Wildman–Crippen LogP) is 3.10. The van der Waals surface area contributed by atoms with E-state index in [-0.39, 0.29) is 0 Å². The summed E-state index contributed by atoms with van der Waals surface area (Å²) in [5.41, 5.74) is 0.664. The van der Waals surface area contributed by atoms with Gasteiger partial charge in [-0.2, -0.15) is 0 Å². The minimum Gasteiger partial charge on any atom is -0.311 e. The summed E-state index contributed by atoms with van der Waals surface area (Å²) in [6.45, 7) is 1.34. The number of rotatable bonds is 1. The monoisotopic (exact) mass is 193 g/mol. The molecule has 0 bridgehead atoms. The quantitative estimate of drug-likeness (QED) is 0.631. The van der Waals surface area contributed by atoms with Crippen LogP contribution in [0.4, 0.5) is 0 Å². The highest BCUT2D eigenvalue weighted by Gasteiger charge is 2.49. The predicted molar refractivity (Wildman–Crippen MR) is 59.3 cm³/mol. The van der Waals surface area contributed by atoms with Crippen molar-refractivity contribution in [3.05, 3.63) is 0 Å². The second-order valence-corrected chi connectivity index (χ2v) is 5.88. The highest BCUT2D eigenvalue weighted by Crippen LogP contribution is 2.48. The summed E-state index contributed by atoms with van der Waals surface area (Å²) in [7, 11) is 0. The molecule has 1 heterocycles. The normalized spacial score (nSPS) is 37.3. The smallest absolute Gasteiger partial charge is 0.0186 e. The maximum absolute atomic E-state index is 3.77. The van der Waals surface area contributed by atoms with Crippen molar-refractivity contribution in [3.8, 4) is 0 Å². The summed E-state index contributed by atoms with van der Waals surface area (Å²) in [6.07, 6.45) is 13.5. The average molecular weight is 193 g/mol. The molecular weight excluding hydrogens is 170 g/mol. The van der Waals surface area contributed by atoms with Crippen molar-refractivity contribution < 1.29 is 0 Å². The molecule has 1 aliphatic heterocycles. The van der Waals surface area contributed by atoms with Gasteiger partial charge in [0.05, 0.1) is 0 Å². The van der Waals surface area contributed by atoms with Crippen LogP contribution in [0, 0.1) is 11.8 Å². The zero-order valence-corrected chi connectivity index (χ0v) is 9.23. The third-order valence-corrected chi connectivity index (χ3v) is 4.81. The summed E-state index contributed by atoms with van der Waals surface area (Å²) in [4.78, 5) is 0. The van der Waals surface area contributed by atoms with Gasteiger partial charge in [-0.15, -0.1) is 0 Å². The molecule has 1 N–H and O–H groups in total. The zero-order valence-electron chi connectivity index (χ0n) is 9.23. The molecule has 1 unspecified atom stereocenters. The van der Waals surface area contributed by atoms with Crippen LogP contribution in [0.25, 0.3) is 0 Å². The second-order valence-electron chi connectivity index (χ2n) is 5.88. The minimum atomic E-state index is 0.664. The second kappa shape index (κ2) is 3.52. The van der Waals surface area contributed by atoms with E-state index in [0.29, 0.717) is 5.54 Å². The van der Waals surface area contributed by atoms with E-state index < -0.39 is 0 Å². The van der Waals surface area contributed by atoms with Crippen molar-refractivity contribution in [1.29, 1.82) is 0 Å². The molecular formula is C13H23N. The molecule has 1 spiro atoms. The van der Waals surface area contributed by atoms with Gasteiger partial charge < -0.3 is 5.32 Å². The molecule has 2 saturated carbocycles. The zero-order chi connectivity index (χ0) is 9.43. The SMILES string of the molecule is C1CCCC(C2CNC3(CC3)C2)CC1. The van der Waals surface area contributed by atoms with Gasteiger partial charge in [0.1, 0.15) is 0 Å². The van der Waals surface area contributed by atoms with Gasteiger partial charge in [-0.25, -0.2) is 0 Å². The van der Waals surface area contributed by atoms with Crippen LogP contribution in [-0.4, -0.2) is 12.1 Å². The summed E-state index contributed by atoms with van der Waals surface area (Å²) >= 11 is 0. The summed E-state index contributed by atoms with van der Waals surface area (Å²) < 4.78 is 0. The molecule has 1 atom stereocenters. The Bertz CT molecular complexity index is 197. The third-order valence-electron chi connectivity index (χ3n) is 4.81. The fourth-order valence-corrected chi connectivity index (χ4v) is 3.64. The maximum Gasteiger partial charge on any atom is 0.0186 e. The maximum atomic E-state index is 3.77. The van der Waals surface area contributed by atoms with Gasteiger partial charge in [0.25, 0.3) is 0 Å². The molecule has 0 amide bonds. The largest absolute Gasteiger partial charge is 0.311 e. The van der Waals surface area contributed by atoms with E-state index in [1.54, 1.807) is 0 Å². The van der Waals surface area contributed by atoms with Gasteiger partial charge in [-0.1, -0.05) is 38.5 Å². The molecule has 80 valence electrons. The molecule has 1 saturated heterocycles. The van der Waals surface area contributed by atoms with Crippen molar-refractivity contribution in [3.63, 3.8) is 0 Å². The van der Waals surface area contributed by atoms with E-state index in [1.165, 1.54) is 64.3 Å². The van der Waals surface area contributed by atoms with Crippen LogP contribution in [0.2, 0.25) is 0 Å². The van der Waals surface area contributed by atoms with E-state index in [0.717, 1.165) is 11.8 Å². The van der Waals surface area contributed by atoms with Crippen LogP contribution in [0.3, 0.4) is 0 Å². The minimum absolute atomic E-state index is 0.664. The van der Waals surface area contributed by atoms with Gasteiger partial charge in [-0.05, 0) is 37.6 Å². The molecule has 0 aromatic heterocycles. The Kier molecular flexibility index (Phi) is 2.31. The summed E-state index contributed by atoms with van der Waals surface area (Å²) in [6, 6.07) is 0. The Morgan fingerprint density at radius 2 is 1.57 bits per heavy atom. The summed E-state index contributed by atoms with van der Waals surface area (Å²) in [5.74, 6) is 2.11. The van der Waals surface area contributed by atoms with Crippen molar-refractivity contribution >= 4 is 0 Å². The van der Waals surface area contributed by atoms with Crippen molar-refractivity contribution in [1.82, 2.24) is 5.32 Å². The van der Waals surface area contributed by atoms with E-state index in [1.807, 2.05) is 0 Å². The van der Waals surface area contributed by atoms with Crippen LogP contribution in [0.1, 0.15) is 57.8 Å². The van der Waals surface area contributed by atoms with Gasteiger partial charge in [0.15, 0.2) is 0 Å². The first-order valence-electron chi connectivity index (χ1n) is 6.63. The number of hydrogen-bond donors (Lipinski definition) is 1. The van der Waals surface area contributed by atoms with Gasteiger partial charge in [0.2, 0.25) is 0 Å². The molecule has 14 heavy (non-hydrogen) atoms. The van der Waals surface area contributed by atoms with Crippen molar-refractivity contribution in [2.45, 2.75) is 63.3 Å². The molecule has 0 aromatic carbocycles. The first-order chi connectivity index (χ1) is 6.88. The lowest BCUT2D eigenvalue weighted by atomic mass is 9.84. The van der Waals surface area contributed by atoms with Crippen LogP contribution in [-0.2, 0) is 0 Å². The van der Waals surface area contributed by atoms with E-state index in [4.69, 9.17) is 0 Å². The lowest BCUT2D eigenvalue weighted by molar-refractivity contribution is 0.313. The first kappa shape index (κ1) is 9.21.